The van der Waals surface area contributed by atoms with Crippen molar-refractivity contribution in [1.29, 1.82) is 0 Å². The average molecular weight is 346 g/mol. The lowest BCUT2D eigenvalue weighted by Crippen LogP contribution is -2.68. The molecule has 2 fully saturated rings. The maximum Gasteiger partial charge on any atom is 0.226 e. The van der Waals surface area contributed by atoms with E-state index in [1.165, 1.54) is 5.69 Å². The minimum atomic E-state index is -0.0527. The fourth-order valence-corrected chi connectivity index (χ4v) is 3.81. The van der Waals surface area contributed by atoms with Crippen LogP contribution in [-0.2, 0) is 4.79 Å². The van der Waals surface area contributed by atoms with Crippen molar-refractivity contribution >= 4 is 11.6 Å². The number of carbonyl (C=O) groups is 1. The molecule has 6 heteroatoms. The van der Waals surface area contributed by atoms with E-state index in [1.807, 2.05) is 12.1 Å². The fraction of sp³-hybridized carbons (Fsp3) is 0.632. The highest BCUT2D eigenvalue weighted by Gasteiger charge is 2.36. The monoisotopic (exact) mass is 346 g/mol. The van der Waals surface area contributed by atoms with Crippen molar-refractivity contribution in [2.75, 3.05) is 38.2 Å². The zero-order valence-electron chi connectivity index (χ0n) is 15.5. The van der Waals surface area contributed by atoms with Crippen LogP contribution in [0, 0.1) is 5.92 Å². The summed E-state index contributed by atoms with van der Waals surface area (Å²) in [5.41, 5.74) is 1.19. The van der Waals surface area contributed by atoms with Gasteiger partial charge >= 0.3 is 0 Å². The lowest BCUT2D eigenvalue weighted by atomic mass is 9.93. The van der Waals surface area contributed by atoms with Crippen molar-refractivity contribution in [3.63, 3.8) is 0 Å². The second kappa shape index (κ2) is 8.06. The molecule has 0 radical (unpaired) electrons. The van der Waals surface area contributed by atoms with Gasteiger partial charge in [0.2, 0.25) is 5.91 Å². The van der Waals surface area contributed by atoms with E-state index in [9.17, 15) is 4.79 Å². The Morgan fingerprint density at radius 3 is 2.64 bits per heavy atom. The maximum absolute atomic E-state index is 12.4. The Morgan fingerprint density at radius 2 is 2.00 bits per heavy atom. The molecule has 0 aromatic heterocycles. The molecule has 25 heavy (non-hydrogen) atoms. The molecule has 2 aliphatic heterocycles. The first-order valence-electron chi connectivity index (χ1n) is 9.32. The van der Waals surface area contributed by atoms with Gasteiger partial charge in [-0.2, -0.15) is 0 Å². The smallest absolute Gasteiger partial charge is 0.226 e. The van der Waals surface area contributed by atoms with E-state index in [0.29, 0.717) is 0 Å². The van der Waals surface area contributed by atoms with E-state index < -0.39 is 0 Å². The Morgan fingerprint density at radius 1 is 1.24 bits per heavy atom. The van der Waals surface area contributed by atoms with Crippen LogP contribution >= 0.6 is 0 Å². The third kappa shape index (κ3) is 4.07. The summed E-state index contributed by atoms with van der Waals surface area (Å²) in [6.45, 7) is 7.96. The molecule has 2 saturated heterocycles. The van der Waals surface area contributed by atoms with Gasteiger partial charge < -0.3 is 15.0 Å². The standard InChI is InChI=1S/C19H30N4O2/c1-4-6-17-14(2)20-19(21-18(17)24)23-11-9-22(10-12-23)15-7-5-8-16(13-15)25-3/h5,7-8,13-14,17,19-20H,4,6,9-12H2,1-3H3,(H,21,24). The molecule has 2 N–H and O–H groups in total. The van der Waals surface area contributed by atoms with Gasteiger partial charge in [-0.15, -0.1) is 0 Å². The minimum Gasteiger partial charge on any atom is -0.497 e. The number of rotatable bonds is 5. The number of carbonyl (C=O) groups excluding carboxylic acids is 1. The number of nitrogens with one attached hydrogen (secondary N) is 2. The van der Waals surface area contributed by atoms with Crippen molar-refractivity contribution in [3.8, 4) is 5.75 Å². The molecule has 3 rings (SSSR count). The Labute approximate surface area is 150 Å². The van der Waals surface area contributed by atoms with Crippen molar-refractivity contribution in [2.45, 2.75) is 39.0 Å². The molecule has 0 bridgehead atoms. The van der Waals surface area contributed by atoms with Crippen LogP contribution in [0.25, 0.3) is 0 Å². The van der Waals surface area contributed by atoms with Gasteiger partial charge in [-0.3, -0.25) is 15.0 Å². The van der Waals surface area contributed by atoms with Gasteiger partial charge in [-0.05, 0) is 25.5 Å². The first kappa shape index (κ1) is 18.0. The number of methoxy groups -OCH3 is 1. The van der Waals surface area contributed by atoms with Crippen LogP contribution in [0.5, 0.6) is 5.75 Å². The van der Waals surface area contributed by atoms with Gasteiger partial charge in [0.15, 0.2) is 0 Å². The Hall–Kier alpha value is -1.79. The molecule has 1 aromatic rings. The fourth-order valence-electron chi connectivity index (χ4n) is 3.81. The van der Waals surface area contributed by atoms with Gasteiger partial charge in [0.1, 0.15) is 12.0 Å². The molecule has 138 valence electrons. The van der Waals surface area contributed by atoms with Gasteiger partial charge in [0.05, 0.1) is 13.0 Å². The highest BCUT2D eigenvalue weighted by atomic mass is 16.5. The van der Waals surface area contributed by atoms with Crippen LogP contribution in [-0.4, -0.2) is 56.4 Å². The van der Waals surface area contributed by atoms with Crippen LogP contribution in [0.3, 0.4) is 0 Å². The summed E-state index contributed by atoms with van der Waals surface area (Å²) in [5.74, 6) is 1.16. The number of benzene rings is 1. The topological polar surface area (TPSA) is 56.8 Å². The highest BCUT2D eigenvalue weighted by molar-refractivity contribution is 5.80. The molecule has 1 aromatic carbocycles. The molecular formula is C19H30N4O2. The molecule has 0 saturated carbocycles. The highest BCUT2D eigenvalue weighted by Crippen LogP contribution is 2.23. The number of ether oxygens (including phenoxy) is 1. The second-order valence-electron chi connectivity index (χ2n) is 6.99. The number of hydrogen-bond acceptors (Lipinski definition) is 5. The quantitative estimate of drug-likeness (QED) is 0.849. The van der Waals surface area contributed by atoms with Crippen LogP contribution < -0.4 is 20.3 Å². The molecule has 3 unspecified atom stereocenters. The SMILES string of the molecule is CCCC1C(=O)NC(N2CCN(c3cccc(OC)c3)CC2)NC1C. The summed E-state index contributed by atoms with van der Waals surface area (Å²) in [6, 6.07) is 8.41. The van der Waals surface area contributed by atoms with Crippen molar-refractivity contribution in [1.82, 2.24) is 15.5 Å². The van der Waals surface area contributed by atoms with Gasteiger partial charge in [0.25, 0.3) is 0 Å². The summed E-state index contributed by atoms with van der Waals surface area (Å²) in [5, 5.41) is 6.74. The lowest BCUT2D eigenvalue weighted by Gasteiger charge is -2.45. The summed E-state index contributed by atoms with van der Waals surface area (Å²) in [7, 11) is 1.70. The number of hydrogen-bond donors (Lipinski definition) is 2. The molecule has 0 aliphatic carbocycles. The Kier molecular flexibility index (Phi) is 5.81. The molecule has 2 heterocycles. The van der Waals surface area contributed by atoms with E-state index in [2.05, 4.69) is 46.4 Å². The number of amides is 1. The maximum atomic E-state index is 12.4. The Balaban J connectivity index is 1.56. The number of nitrogens with zero attached hydrogens (tertiary/aromatic N) is 2. The van der Waals surface area contributed by atoms with Gasteiger partial charge in [-0.25, -0.2) is 0 Å². The van der Waals surface area contributed by atoms with E-state index in [0.717, 1.165) is 44.8 Å². The average Bonchev–Trinajstić information content (AvgIpc) is 2.64. The normalized spacial score (nSPS) is 27.9. The third-order valence-corrected chi connectivity index (χ3v) is 5.34. The van der Waals surface area contributed by atoms with Crippen LogP contribution in [0.1, 0.15) is 26.7 Å². The summed E-state index contributed by atoms with van der Waals surface area (Å²) >= 11 is 0. The summed E-state index contributed by atoms with van der Waals surface area (Å²) < 4.78 is 5.32. The Bertz CT molecular complexity index is 587. The van der Waals surface area contributed by atoms with E-state index in [4.69, 9.17) is 4.74 Å². The van der Waals surface area contributed by atoms with Crippen molar-refractivity contribution in [2.24, 2.45) is 5.92 Å². The predicted molar refractivity (Wildman–Crippen MR) is 99.7 cm³/mol. The molecule has 3 atom stereocenters. The molecule has 1 amide bonds. The molecule has 0 spiro atoms. The molecule has 2 aliphatic rings. The zero-order chi connectivity index (χ0) is 17.8. The first-order chi connectivity index (χ1) is 12.1. The van der Waals surface area contributed by atoms with Gasteiger partial charge in [0, 0.05) is 44.0 Å². The van der Waals surface area contributed by atoms with E-state index >= 15 is 0 Å². The van der Waals surface area contributed by atoms with Crippen molar-refractivity contribution < 1.29 is 9.53 Å². The summed E-state index contributed by atoms with van der Waals surface area (Å²) in [6.07, 6.45) is 1.92. The van der Waals surface area contributed by atoms with Gasteiger partial charge in [-0.1, -0.05) is 19.4 Å². The number of anilines is 1. The molecule has 6 nitrogen and oxygen atoms in total. The first-order valence-corrected chi connectivity index (χ1v) is 9.32. The van der Waals surface area contributed by atoms with E-state index in [1.54, 1.807) is 7.11 Å². The lowest BCUT2D eigenvalue weighted by molar-refractivity contribution is -0.132. The van der Waals surface area contributed by atoms with Crippen LogP contribution in [0.4, 0.5) is 5.69 Å². The summed E-state index contributed by atoms with van der Waals surface area (Å²) in [4.78, 5) is 17.1. The largest absolute Gasteiger partial charge is 0.497 e. The van der Waals surface area contributed by atoms with E-state index in [-0.39, 0.29) is 24.2 Å². The number of piperazine rings is 1. The van der Waals surface area contributed by atoms with Crippen LogP contribution in [0.2, 0.25) is 0 Å². The zero-order valence-corrected chi connectivity index (χ0v) is 15.5. The third-order valence-electron chi connectivity index (χ3n) is 5.34. The predicted octanol–water partition coefficient (Wildman–Crippen LogP) is 1.62. The van der Waals surface area contributed by atoms with Crippen molar-refractivity contribution in [3.05, 3.63) is 24.3 Å². The second-order valence-corrected chi connectivity index (χ2v) is 6.99. The minimum absolute atomic E-state index is 0.0527. The molecular weight excluding hydrogens is 316 g/mol. The van der Waals surface area contributed by atoms with Crippen LogP contribution in [0.15, 0.2) is 24.3 Å².